The Kier molecular flexibility index (Phi) is 5.47. The Balaban J connectivity index is 1.81. The van der Waals surface area contributed by atoms with Crippen LogP contribution in [0.2, 0.25) is 0 Å². The molecule has 0 radical (unpaired) electrons. The largest absolute Gasteiger partial charge is 0.462 e. The number of carbonyl (C=O) groups is 2. The van der Waals surface area contributed by atoms with E-state index in [1.54, 1.807) is 31.2 Å². The summed E-state index contributed by atoms with van der Waals surface area (Å²) in [6.45, 7) is 11.3. The second-order valence-corrected chi connectivity index (χ2v) is 9.05. The predicted octanol–water partition coefficient (Wildman–Crippen LogP) is 5.64. The SMILES string of the molecule is CCOC(=O)c1ccc(C(=O)Cc2ccc3c(c2)C(C)(C)CCC3(C)C)cc1. The molecule has 0 bridgehead atoms. The molecule has 0 saturated heterocycles. The molecule has 0 saturated carbocycles. The molecule has 2 aromatic carbocycles. The van der Waals surface area contributed by atoms with Crippen molar-refractivity contribution >= 4 is 11.8 Å². The first kappa shape index (κ1) is 20.3. The summed E-state index contributed by atoms with van der Waals surface area (Å²) in [6.07, 6.45) is 2.69. The van der Waals surface area contributed by atoms with Crippen LogP contribution in [0.15, 0.2) is 42.5 Å². The smallest absolute Gasteiger partial charge is 0.338 e. The summed E-state index contributed by atoms with van der Waals surface area (Å²) < 4.78 is 4.99. The first-order valence-electron chi connectivity index (χ1n) is 10.1. The molecule has 0 N–H and O–H groups in total. The van der Waals surface area contributed by atoms with Gasteiger partial charge < -0.3 is 4.74 Å². The molecule has 1 aliphatic rings. The molecule has 28 heavy (non-hydrogen) atoms. The molecular formula is C25H30O3. The molecule has 3 heteroatoms. The zero-order chi connectivity index (χ0) is 20.5. The topological polar surface area (TPSA) is 43.4 Å². The summed E-state index contributed by atoms with van der Waals surface area (Å²) >= 11 is 0. The molecule has 0 fully saturated rings. The van der Waals surface area contributed by atoms with Crippen molar-refractivity contribution in [1.82, 2.24) is 0 Å². The third-order valence-corrected chi connectivity index (χ3v) is 6.00. The minimum absolute atomic E-state index is 0.0586. The number of rotatable bonds is 5. The number of hydrogen-bond donors (Lipinski definition) is 0. The summed E-state index contributed by atoms with van der Waals surface area (Å²) in [5.74, 6) is -0.302. The van der Waals surface area contributed by atoms with Crippen LogP contribution in [0.1, 0.15) is 84.9 Å². The highest BCUT2D eigenvalue weighted by atomic mass is 16.5. The number of Topliss-reactive ketones (excluding diaryl/α,β-unsaturated/α-hetero) is 1. The van der Waals surface area contributed by atoms with Gasteiger partial charge >= 0.3 is 5.97 Å². The Bertz CT molecular complexity index is 889. The summed E-state index contributed by atoms with van der Waals surface area (Å²) in [5, 5.41) is 0. The van der Waals surface area contributed by atoms with Crippen molar-refractivity contribution in [2.24, 2.45) is 0 Å². The van der Waals surface area contributed by atoms with E-state index in [1.165, 1.54) is 17.5 Å². The Morgan fingerprint density at radius 1 is 0.857 bits per heavy atom. The molecule has 0 aromatic heterocycles. The lowest BCUT2D eigenvalue weighted by atomic mass is 9.63. The van der Waals surface area contributed by atoms with E-state index in [0.717, 1.165) is 12.0 Å². The second kappa shape index (κ2) is 7.54. The van der Waals surface area contributed by atoms with Gasteiger partial charge in [-0.05, 0) is 59.4 Å². The normalized spacial score (nSPS) is 16.9. The molecule has 0 aliphatic heterocycles. The van der Waals surface area contributed by atoms with Crippen molar-refractivity contribution in [2.45, 2.75) is 64.7 Å². The van der Waals surface area contributed by atoms with Crippen molar-refractivity contribution in [1.29, 1.82) is 0 Å². The highest BCUT2D eigenvalue weighted by Crippen LogP contribution is 2.45. The fourth-order valence-electron chi connectivity index (χ4n) is 4.04. The first-order valence-corrected chi connectivity index (χ1v) is 10.1. The lowest BCUT2D eigenvalue weighted by molar-refractivity contribution is 0.0526. The standard InChI is InChI=1S/C25H30O3/c1-6-28-23(27)19-10-8-18(9-11-19)22(26)16-17-7-12-20-21(15-17)25(4,5)14-13-24(20,2)3/h7-12,15H,6,13-14,16H2,1-5H3. The number of esters is 1. The van der Waals surface area contributed by atoms with Gasteiger partial charge in [0.2, 0.25) is 0 Å². The Hall–Kier alpha value is -2.42. The van der Waals surface area contributed by atoms with Crippen molar-refractivity contribution in [2.75, 3.05) is 6.61 Å². The van der Waals surface area contributed by atoms with E-state index >= 15 is 0 Å². The molecule has 0 heterocycles. The van der Waals surface area contributed by atoms with E-state index in [1.807, 2.05) is 0 Å². The number of fused-ring (bicyclic) bond motifs is 1. The molecule has 0 unspecified atom stereocenters. The fourth-order valence-corrected chi connectivity index (χ4v) is 4.04. The van der Waals surface area contributed by atoms with E-state index in [4.69, 9.17) is 4.74 Å². The van der Waals surface area contributed by atoms with E-state index in [0.29, 0.717) is 24.2 Å². The number of carbonyl (C=O) groups excluding carboxylic acids is 2. The third kappa shape index (κ3) is 4.04. The maximum absolute atomic E-state index is 12.8. The van der Waals surface area contributed by atoms with Crippen LogP contribution in [0, 0.1) is 0 Å². The Labute approximate surface area is 168 Å². The predicted molar refractivity (Wildman–Crippen MR) is 112 cm³/mol. The van der Waals surface area contributed by atoms with Crippen LogP contribution < -0.4 is 0 Å². The van der Waals surface area contributed by atoms with Gasteiger partial charge in [-0.1, -0.05) is 58.0 Å². The Morgan fingerprint density at radius 3 is 2.04 bits per heavy atom. The second-order valence-electron chi connectivity index (χ2n) is 9.05. The average Bonchev–Trinajstić information content (AvgIpc) is 2.66. The van der Waals surface area contributed by atoms with Gasteiger partial charge in [0, 0.05) is 12.0 Å². The summed E-state index contributed by atoms with van der Waals surface area (Å²) in [5.41, 5.74) is 5.21. The highest BCUT2D eigenvalue weighted by molar-refractivity contribution is 5.98. The lowest BCUT2D eigenvalue weighted by Gasteiger charge is -2.42. The fraction of sp³-hybridized carbons (Fsp3) is 0.440. The van der Waals surface area contributed by atoms with Gasteiger partial charge in [0.15, 0.2) is 5.78 Å². The highest BCUT2D eigenvalue weighted by Gasteiger charge is 2.36. The number of ketones is 1. The molecule has 0 atom stereocenters. The monoisotopic (exact) mass is 378 g/mol. The van der Waals surface area contributed by atoms with Gasteiger partial charge in [-0.3, -0.25) is 4.79 Å². The van der Waals surface area contributed by atoms with Gasteiger partial charge in [-0.15, -0.1) is 0 Å². The van der Waals surface area contributed by atoms with Crippen LogP contribution in [0.4, 0.5) is 0 Å². The maximum atomic E-state index is 12.8. The number of ether oxygens (including phenoxy) is 1. The van der Waals surface area contributed by atoms with Crippen molar-refractivity contribution in [3.63, 3.8) is 0 Å². The van der Waals surface area contributed by atoms with E-state index < -0.39 is 0 Å². The molecule has 2 aromatic rings. The minimum Gasteiger partial charge on any atom is -0.462 e. The summed E-state index contributed by atoms with van der Waals surface area (Å²) in [6, 6.07) is 13.3. The molecule has 3 nitrogen and oxygen atoms in total. The van der Waals surface area contributed by atoms with Gasteiger partial charge in [0.1, 0.15) is 0 Å². The first-order chi connectivity index (χ1) is 13.1. The quantitative estimate of drug-likeness (QED) is 0.500. The summed E-state index contributed by atoms with van der Waals surface area (Å²) in [4.78, 5) is 24.5. The van der Waals surface area contributed by atoms with Crippen molar-refractivity contribution in [3.05, 3.63) is 70.3 Å². The van der Waals surface area contributed by atoms with Gasteiger partial charge in [0.25, 0.3) is 0 Å². The molecular weight excluding hydrogens is 348 g/mol. The molecule has 0 spiro atoms. The van der Waals surface area contributed by atoms with Crippen LogP contribution in [-0.4, -0.2) is 18.4 Å². The number of hydrogen-bond acceptors (Lipinski definition) is 3. The van der Waals surface area contributed by atoms with Crippen LogP contribution in [0.3, 0.4) is 0 Å². The van der Waals surface area contributed by atoms with Crippen LogP contribution in [0.25, 0.3) is 0 Å². The maximum Gasteiger partial charge on any atom is 0.338 e. The zero-order valence-corrected chi connectivity index (χ0v) is 17.6. The lowest BCUT2D eigenvalue weighted by Crippen LogP contribution is -2.33. The van der Waals surface area contributed by atoms with E-state index in [9.17, 15) is 9.59 Å². The summed E-state index contributed by atoms with van der Waals surface area (Å²) in [7, 11) is 0. The molecule has 148 valence electrons. The molecule has 0 amide bonds. The van der Waals surface area contributed by atoms with Gasteiger partial charge in [0.05, 0.1) is 12.2 Å². The minimum atomic E-state index is -0.360. The van der Waals surface area contributed by atoms with Crippen molar-refractivity contribution < 1.29 is 14.3 Å². The third-order valence-electron chi connectivity index (χ3n) is 6.00. The average molecular weight is 379 g/mol. The zero-order valence-electron chi connectivity index (χ0n) is 17.6. The number of benzene rings is 2. The molecule has 1 aliphatic carbocycles. The molecule has 3 rings (SSSR count). The van der Waals surface area contributed by atoms with Gasteiger partial charge in [-0.2, -0.15) is 0 Å². The van der Waals surface area contributed by atoms with Crippen LogP contribution >= 0.6 is 0 Å². The van der Waals surface area contributed by atoms with E-state index in [-0.39, 0.29) is 22.6 Å². The van der Waals surface area contributed by atoms with Gasteiger partial charge in [-0.25, -0.2) is 4.79 Å². The van der Waals surface area contributed by atoms with E-state index in [2.05, 4.69) is 45.9 Å². The Morgan fingerprint density at radius 2 is 1.43 bits per heavy atom. The van der Waals surface area contributed by atoms with Crippen LogP contribution in [0.5, 0.6) is 0 Å². The van der Waals surface area contributed by atoms with Crippen LogP contribution in [-0.2, 0) is 22.0 Å². The van der Waals surface area contributed by atoms with Crippen molar-refractivity contribution in [3.8, 4) is 0 Å².